The molecule has 1 aromatic rings. The molecule has 0 fully saturated rings. The van der Waals surface area contributed by atoms with Gasteiger partial charge in [0.1, 0.15) is 0 Å². The van der Waals surface area contributed by atoms with Crippen molar-refractivity contribution in [1.29, 1.82) is 0 Å². The van der Waals surface area contributed by atoms with Gasteiger partial charge in [-0.15, -0.1) is 0 Å². The van der Waals surface area contributed by atoms with E-state index in [0.717, 1.165) is 6.42 Å². The van der Waals surface area contributed by atoms with Crippen LogP contribution in [0.4, 0.5) is 0 Å². The second-order valence-electron chi connectivity index (χ2n) is 3.68. The Kier molecular flexibility index (Phi) is 2.58. The Labute approximate surface area is 74.4 Å². The van der Waals surface area contributed by atoms with Gasteiger partial charge in [0.05, 0.1) is 0 Å². The molecule has 0 radical (unpaired) electrons. The van der Waals surface area contributed by atoms with Gasteiger partial charge in [0.2, 0.25) is 0 Å². The highest BCUT2D eigenvalue weighted by molar-refractivity contribution is 5.22. The molecule has 0 aliphatic carbocycles. The van der Waals surface area contributed by atoms with Crippen LogP contribution in [0, 0.1) is 0 Å². The summed E-state index contributed by atoms with van der Waals surface area (Å²) in [7, 11) is 2.04. The van der Waals surface area contributed by atoms with E-state index in [1.165, 1.54) is 5.56 Å². The topological polar surface area (TPSA) is 30.9 Å². The lowest BCUT2D eigenvalue weighted by Gasteiger charge is -2.25. The molecule has 0 saturated carbocycles. The van der Waals surface area contributed by atoms with Crippen molar-refractivity contribution in [3.63, 3.8) is 0 Å². The predicted octanol–water partition coefficient (Wildman–Crippen LogP) is 1.65. The first-order chi connectivity index (χ1) is 5.62. The van der Waals surface area contributed by atoms with E-state index in [0.29, 0.717) is 6.54 Å². The van der Waals surface area contributed by atoms with Crippen LogP contribution in [0.25, 0.3) is 0 Å². The van der Waals surface area contributed by atoms with Crippen LogP contribution in [0.15, 0.2) is 18.5 Å². The van der Waals surface area contributed by atoms with Crippen molar-refractivity contribution in [1.82, 2.24) is 4.57 Å². The standard InChI is InChI=1S/C10H18N2/c1-4-10(2,8-11)9-5-6-12(3)7-9/h5-7H,4,8,11H2,1-3H3. The van der Waals surface area contributed by atoms with Crippen LogP contribution < -0.4 is 5.73 Å². The molecule has 1 aromatic heterocycles. The van der Waals surface area contributed by atoms with Gasteiger partial charge >= 0.3 is 0 Å². The Hall–Kier alpha value is -0.760. The maximum Gasteiger partial charge on any atom is 0.0106 e. The fourth-order valence-electron chi connectivity index (χ4n) is 1.33. The minimum Gasteiger partial charge on any atom is -0.357 e. The highest BCUT2D eigenvalue weighted by Crippen LogP contribution is 2.25. The molecule has 1 atom stereocenters. The van der Waals surface area contributed by atoms with Crippen molar-refractivity contribution in [3.8, 4) is 0 Å². The first kappa shape index (κ1) is 9.33. The monoisotopic (exact) mass is 166 g/mol. The molecule has 2 heteroatoms. The first-order valence-corrected chi connectivity index (χ1v) is 4.45. The third-order valence-electron chi connectivity index (χ3n) is 2.76. The van der Waals surface area contributed by atoms with Crippen LogP contribution in [0.1, 0.15) is 25.8 Å². The lowest BCUT2D eigenvalue weighted by Crippen LogP contribution is -2.30. The zero-order valence-corrected chi connectivity index (χ0v) is 8.17. The molecule has 1 rings (SSSR count). The van der Waals surface area contributed by atoms with Crippen LogP contribution >= 0.6 is 0 Å². The van der Waals surface area contributed by atoms with Crippen molar-refractivity contribution in [3.05, 3.63) is 24.0 Å². The van der Waals surface area contributed by atoms with Crippen LogP contribution in [-0.2, 0) is 12.5 Å². The largest absolute Gasteiger partial charge is 0.357 e. The normalized spacial score (nSPS) is 16.0. The number of aromatic nitrogens is 1. The number of rotatable bonds is 3. The molecule has 2 N–H and O–H groups in total. The average molecular weight is 166 g/mol. The average Bonchev–Trinajstić information content (AvgIpc) is 2.51. The summed E-state index contributed by atoms with van der Waals surface area (Å²) >= 11 is 0. The number of nitrogens with two attached hydrogens (primary N) is 1. The summed E-state index contributed by atoms with van der Waals surface area (Å²) < 4.78 is 2.07. The van der Waals surface area contributed by atoms with Crippen molar-refractivity contribution in [2.45, 2.75) is 25.7 Å². The summed E-state index contributed by atoms with van der Waals surface area (Å²) in [6.07, 6.45) is 5.31. The SMILES string of the molecule is CCC(C)(CN)c1ccn(C)c1. The summed E-state index contributed by atoms with van der Waals surface area (Å²) in [5, 5.41) is 0. The fraction of sp³-hybridized carbons (Fsp3) is 0.600. The van der Waals surface area contributed by atoms with E-state index in [-0.39, 0.29) is 5.41 Å². The molecule has 0 bridgehead atoms. The van der Waals surface area contributed by atoms with E-state index in [4.69, 9.17) is 5.73 Å². The summed E-state index contributed by atoms with van der Waals surface area (Å²) in [5.74, 6) is 0. The molecule has 0 aliphatic rings. The van der Waals surface area contributed by atoms with Crippen LogP contribution in [0.5, 0.6) is 0 Å². The van der Waals surface area contributed by atoms with Crippen molar-refractivity contribution in [2.75, 3.05) is 6.54 Å². The Balaban J connectivity index is 2.94. The van der Waals surface area contributed by atoms with E-state index < -0.39 is 0 Å². The molecule has 12 heavy (non-hydrogen) atoms. The van der Waals surface area contributed by atoms with E-state index >= 15 is 0 Å². The molecule has 0 aliphatic heterocycles. The Morgan fingerprint density at radius 2 is 2.25 bits per heavy atom. The highest BCUT2D eigenvalue weighted by Gasteiger charge is 2.22. The molecule has 2 nitrogen and oxygen atoms in total. The molecule has 1 heterocycles. The smallest absolute Gasteiger partial charge is 0.0106 e. The summed E-state index contributed by atoms with van der Waals surface area (Å²) in [5.41, 5.74) is 7.25. The van der Waals surface area contributed by atoms with Gasteiger partial charge in [0.25, 0.3) is 0 Å². The highest BCUT2D eigenvalue weighted by atomic mass is 14.9. The van der Waals surface area contributed by atoms with Gasteiger partial charge in [0, 0.05) is 31.4 Å². The number of aryl methyl sites for hydroxylation is 1. The third-order valence-corrected chi connectivity index (χ3v) is 2.76. The summed E-state index contributed by atoms with van der Waals surface area (Å²) in [6.45, 7) is 5.11. The van der Waals surface area contributed by atoms with E-state index in [9.17, 15) is 0 Å². The van der Waals surface area contributed by atoms with Gasteiger partial charge in [-0.05, 0) is 18.1 Å². The fourth-order valence-corrected chi connectivity index (χ4v) is 1.33. The zero-order valence-electron chi connectivity index (χ0n) is 8.17. The minimum atomic E-state index is 0.154. The van der Waals surface area contributed by atoms with Crippen molar-refractivity contribution < 1.29 is 0 Å². The van der Waals surface area contributed by atoms with Crippen LogP contribution in [0.2, 0.25) is 0 Å². The van der Waals surface area contributed by atoms with E-state index in [2.05, 4.69) is 36.9 Å². The van der Waals surface area contributed by atoms with Gasteiger partial charge in [-0.2, -0.15) is 0 Å². The predicted molar refractivity (Wildman–Crippen MR) is 52.1 cm³/mol. The molecule has 0 amide bonds. The molecule has 68 valence electrons. The first-order valence-electron chi connectivity index (χ1n) is 4.45. The molecular formula is C10H18N2. The maximum absolute atomic E-state index is 5.75. The minimum absolute atomic E-state index is 0.154. The van der Waals surface area contributed by atoms with Crippen LogP contribution in [0.3, 0.4) is 0 Å². The molecular weight excluding hydrogens is 148 g/mol. The van der Waals surface area contributed by atoms with Crippen LogP contribution in [-0.4, -0.2) is 11.1 Å². The van der Waals surface area contributed by atoms with Crippen molar-refractivity contribution >= 4 is 0 Å². The summed E-state index contributed by atoms with van der Waals surface area (Å²) in [6, 6.07) is 2.15. The van der Waals surface area contributed by atoms with Crippen molar-refractivity contribution in [2.24, 2.45) is 12.8 Å². The lowest BCUT2D eigenvalue weighted by atomic mass is 9.82. The Bertz CT molecular complexity index is 246. The second-order valence-corrected chi connectivity index (χ2v) is 3.68. The molecule has 0 spiro atoms. The molecule has 0 aromatic carbocycles. The summed E-state index contributed by atoms with van der Waals surface area (Å²) in [4.78, 5) is 0. The Morgan fingerprint density at radius 3 is 2.58 bits per heavy atom. The number of nitrogens with zero attached hydrogens (tertiary/aromatic N) is 1. The van der Waals surface area contributed by atoms with Gasteiger partial charge < -0.3 is 10.3 Å². The number of hydrogen-bond donors (Lipinski definition) is 1. The van der Waals surface area contributed by atoms with Gasteiger partial charge in [-0.1, -0.05) is 13.8 Å². The Morgan fingerprint density at radius 1 is 1.58 bits per heavy atom. The van der Waals surface area contributed by atoms with Gasteiger partial charge in [0.15, 0.2) is 0 Å². The quantitative estimate of drug-likeness (QED) is 0.727. The third kappa shape index (κ3) is 1.53. The zero-order chi connectivity index (χ0) is 9.19. The maximum atomic E-state index is 5.75. The van der Waals surface area contributed by atoms with Gasteiger partial charge in [-0.3, -0.25) is 0 Å². The van der Waals surface area contributed by atoms with E-state index in [1.54, 1.807) is 0 Å². The second kappa shape index (κ2) is 3.31. The van der Waals surface area contributed by atoms with Gasteiger partial charge in [-0.25, -0.2) is 0 Å². The number of hydrogen-bond acceptors (Lipinski definition) is 1. The lowest BCUT2D eigenvalue weighted by molar-refractivity contribution is 0.467. The molecule has 1 unspecified atom stereocenters. The molecule has 0 saturated heterocycles. The van der Waals surface area contributed by atoms with E-state index in [1.807, 2.05) is 7.05 Å².